The van der Waals surface area contributed by atoms with Gasteiger partial charge in [0.1, 0.15) is 5.44 Å². The molecule has 0 spiro atoms. The van der Waals surface area contributed by atoms with Gasteiger partial charge in [0.15, 0.2) is 0 Å². The molecule has 1 fully saturated rings. The highest BCUT2D eigenvalue weighted by molar-refractivity contribution is 7.99. The third-order valence-electron chi connectivity index (χ3n) is 7.87. The van der Waals surface area contributed by atoms with Crippen molar-refractivity contribution in [2.24, 2.45) is 23.5 Å². The van der Waals surface area contributed by atoms with Crippen LogP contribution in [-0.4, -0.2) is 51.5 Å². The average Bonchev–Trinajstić information content (AvgIpc) is 2.90. The number of thioether (sulfide) groups is 1. The fraction of sp³-hybridized carbons (Fsp3) is 0.516. The Labute approximate surface area is 240 Å². The summed E-state index contributed by atoms with van der Waals surface area (Å²) in [6.07, 6.45) is 5.22. The van der Waals surface area contributed by atoms with Crippen molar-refractivity contribution < 1.29 is 34.4 Å². The average molecular weight is 572 g/mol. The second-order valence-corrected chi connectivity index (χ2v) is 11.7. The zero-order valence-corrected chi connectivity index (χ0v) is 24.1. The van der Waals surface area contributed by atoms with E-state index in [9.17, 15) is 29.7 Å². The van der Waals surface area contributed by atoms with E-state index in [1.165, 1.54) is 17.3 Å². The molecule has 40 heavy (non-hydrogen) atoms. The number of carbonyl (C=O) groups is 3. The maximum atomic E-state index is 11.9. The molecule has 5 atom stereocenters. The Bertz CT molecular complexity index is 1150. The molecular formula is C31H41NO7S. The topological polar surface area (TPSA) is 147 Å². The van der Waals surface area contributed by atoms with Crippen LogP contribution in [0.15, 0.2) is 42.5 Å². The van der Waals surface area contributed by atoms with Gasteiger partial charge in [0.2, 0.25) is 0 Å². The molecule has 0 radical (unpaired) electrons. The zero-order chi connectivity index (χ0) is 29.2. The Morgan fingerprint density at radius 2 is 1.43 bits per heavy atom. The molecule has 1 aliphatic rings. The predicted octanol–water partition coefficient (Wildman–Crippen LogP) is 5.29. The van der Waals surface area contributed by atoms with E-state index in [2.05, 4.69) is 24.3 Å². The van der Waals surface area contributed by atoms with Crippen LogP contribution in [0.4, 0.5) is 0 Å². The van der Waals surface area contributed by atoms with Gasteiger partial charge >= 0.3 is 17.9 Å². The summed E-state index contributed by atoms with van der Waals surface area (Å²) < 4.78 is 6.41. The number of nitrogens with two attached hydrogens (primary N) is 1. The molecule has 0 unspecified atom stereocenters. The van der Waals surface area contributed by atoms with Gasteiger partial charge in [-0.25, -0.2) is 0 Å². The monoisotopic (exact) mass is 571 g/mol. The number of rotatable bonds is 15. The van der Waals surface area contributed by atoms with Gasteiger partial charge in [0, 0.05) is 18.3 Å². The van der Waals surface area contributed by atoms with Crippen molar-refractivity contribution in [1.82, 2.24) is 0 Å². The van der Waals surface area contributed by atoms with Gasteiger partial charge in [-0.15, -0.1) is 11.8 Å². The highest BCUT2D eigenvalue weighted by atomic mass is 32.2. The molecule has 218 valence electrons. The Hall–Kier alpha value is -2.88. The minimum atomic E-state index is -1.08. The van der Waals surface area contributed by atoms with E-state index in [0.29, 0.717) is 6.42 Å². The summed E-state index contributed by atoms with van der Waals surface area (Å²) in [7, 11) is 0. The van der Waals surface area contributed by atoms with Crippen molar-refractivity contribution in [3.05, 3.63) is 70.3 Å². The predicted molar refractivity (Wildman–Crippen MR) is 155 cm³/mol. The number of ether oxygens (including phenoxy) is 1. The van der Waals surface area contributed by atoms with Crippen molar-refractivity contribution >= 4 is 29.7 Å². The first-order valence-electron chi connectivity index (χ1n) is 13.8. The number of carboxylic acid groups (broad SMARTS) is 3. The van der Waals surface area contributed by atoms with Crippen molar-refractivity contribution in [2.75, 3.05) is 12.8 Å². The van der Waals surface area contributed by atoms with Gasteiger partial charge in [0.25, 0.3) is 0 Å². The summed E-state index contributed by atoms with van der Waals surface area (Å²) in [6, 6.07) is 14.5. The van der Waals surface area contributed by atoms with Gasteiger partial charge in [-0.1, -0.05) is 48.9 Å². The van der Waals surface area contributed by atoms with Crippen LogP contribution in [0.5, 0.6) is 0 Å². The molecule has 0 aliphatic carbocycles. The van der Waals surface area contributed by atoms with Crippen LogP contribution in [0.25, 0.3) is 0 Å². The first-order chi connectivity index (χ1) is 19.1. The number of hydrogen-bond donors (Lipinski definition) is 4. The van der Waals surface area contributed by atoms with Crippen LogP contribution in [0, 0.1) is 24.7 Å². The quantitative estimate of drug-likeness (QED) is 0.209. The number of hydrogen-bond acceptors (Lipinski definition) is 6. The lowest BCUT2D eigenvalue weighted by atomic mass is 9.70. The summed E-state index contributed by atoms with van der Waals surface area (Å²) in [5.41, 5.74) is 10.4. The lowest BCUT2D eigenvalue weighted by Gasteiger charge is -2.46. The standard InChI is InChI=1S/C31H41NO7S/c1-19-7-12-22(15-23(19)14-21-10-8-20(9-11-21)6-4-3-5-13-32)30-25(17-28(35)36)24(16-27(33)34)26(18-29(37)38)31(39-30)40-2/h7-12,15,24-26,30-31H,3-6,13-14,16-18,32H2,1-2H3,(H,33,34)(H,35,36)(H,37,38)/t24-,25+,26+,30-,31-/m1/s1. The van der Waals surface area contributed by atoms with Crippen LogP contribution in [0.2, 0.25) is 0 Å². The van der Waals surface area contributed by atoms with E-state index < -0.39 is 47.2 Å². The zero-order valence-electron chi connectivity index (χ0n) is 23.3. The molecule has 0 saturated carbocycles. The molecule has 8 nitrogen and oxygen atoms in total. The number of aryl methyl sites for hydroxylation is 2. The summed E-state index contributed by atoms with van der Waals surface area (Å²) >= 11 is 1.33. The minimum Gasteiger partial charge on any atom is -0.481 e. The number of carboxylic acids is 3. The fourth-order valence-electron chi connectivity index (χ4n) is 5.81. The molecule has 1 heterocycles. The molecule has 9 heteroatoms. The van der Waals surface area contributed by atoms with Crippen molar-refractivity contribution in [2.45, 2.75) is 69.8 Å². The highest BCUT2D eigenvalue weighted by Gasteiger charge is 2.48. The highest BCUT2D eigenvalue weighted by Crippen LogP contribution is 2.50. The molecule has 1 saturated heterocycles. The second kappa shape index (κ2) is 15.2. The fourth-order valence-corrected chi connectivity index (χ4v) is 6.69. The lowest BCUT2D eigenvalue weighted by molar-refractivity contribution is -0.161. The third kappa shape index (κ3) is 8.81. The second-order valence-electron chi connectivity index (χ2n) is 10.7. The van der Waals surface area contributed by atoms with Crippen molar-refractivity contribution in [3.63, 3.8) is 0 Å². The SMILES string of the molecule is CS[C@H]1O[C@H](c2ccc(C)c(Cc3ccc(CCCCCN)cc3)c2)[C@@H](CC(=O)O)[C@@H](CC(=O)O)[C@@H]1CC(=O)O. The molecule has 1 aliphatic heterocycles. The van der Waals surface area contributed by atoms with E-state index in [1.807, 2.05) is 25.1 Å². The normalized spacial score (nSPS) is 22.6. The lowest BCUT2D eigenvalue weighted by Crippen LogP contribution is -2.45. The van der Waals surface area contributed by atoms with Crippen molar-refractivity contribution in [3.8, 4) is 0 Å². The Balaban J connectivity index is 1.90. The molecule has 0 bridgehead atoms. The summed E-state index contributed by atoms with van der Waals surface area (Å²) in [4.78, 5) is 35.4. The van der Waals surface area contributed by atoms with Gasteiger partial charge < -0.3 is 25.8 Å². The van der Waals surface area contributed by atoms with Gasteiger partial charge in [0.05, 0.1) is 18.9 Å². The van der Waals surface area contributed by atoms with E-state index in [1.54, 1.807) is 6.26 Å². The van der Waals surface area contributed by atoms with Crippen LogP contribution in [0.3, 0.4) is 0 Å². The summed E-state index contributed by atoms with van der Waals surface area (Å²) in [6.45, 7) is 2.75. The molecule has 0 amide bonds. The Kier molecular flexibility index (Phi) is 12.0. The smallest absolute Gasteiger partial charge is 0.303 e. The largest absolute Gasteiger partial charge is 0.481 e. The third-order valence-corrected chi connectivity index (χ3v) is 8.80. The van der Waals surface area contributed by atoms with Crippen LogP contribution in [-0.2, 0) is 32.0 Å². The number of benzene rings is 2. The molecular weight excluding hydrogens is 530 g/mol. The minimum absolute atomic E-state index is 0.283. The van der Waals surface area contributed by atoms with E-state index in [-0.39, 0.29) is 19.3 Å². The molecule has 2 aromatic carbocycles. The first kappa shape index (κ1) is 31.6. The van der Waals surface area contributed by atoms with E-state index >= 15 is 0 Å². The molecule has 2 aromatic rings. The number of unbranched alkanes of at least 4 members (excludes halogenated alkanes) is 2. The van der Waals surface area contributed by atoms with E-state index in [4.69, 9.17) is 10.5 Å². The van der Waals surface area contributed by atoms with Gasteiger partial charge in [-0.2, -0.15) is 0 Å². The van der Waals surface area contributed by atoms with Gasteiger partial charge in [-0.3, -0.25) is 14.4 Å². The Morgan fingerprint density at radius 3 is 2.02 bits per heavy atom. The van der Waals surface area contributed by atoms with Crippen LogP contribution in [0.1, 0.15) is 72.4 Å². The maximum Gasteiger partial charge on any atom is 0.303 e. The Morgan fingerprint density at radius 1 is 0.825 bits per heavy atom. The summed E-state index contributed by atoms with van der Waals surface area (Å²) in [5.74, 6) is -5.18. The molecule has 0 aromatic heterocycles. The molecule has 3 rings (SSSR count). The number of aliphatic carboxylic acids is 3. The van der Waals surface area contributed by atoms with E-state index in [0.717, 1.165) is 54.5 Å². The van der Waals surface area contributed by atoms with Crippen molar-refractivity contribution in [1.29, 1.82) is 0 Å². The molecule has 5 N–H and O–H groups in total. The summed E-state index contributed by atoms with van der Waals surface area (Å²) in [5, 5.41) is 29.0. The first-order valence-corrected chi connectivity index (χ1v) is 15.1. The van der Waals surface area contributed by atoms with Gasteiger partial charge in [-0.05, 0) is 79.1 Å². The van der Waals surface area contributed by atoms with Crippen LogP contribution < -0.4 is 5.73 Å². The van der Waals surface area contributed by atoms with Crippen LogP contribution >= 0.6 is 11.8 Å². The maximum absolute atomic E-state index is 11.9.